The molecule has 150 valence electrons. The van der Waals surface area contributed by atoms with E-state index in [-0.39, 0.29) is 12.5 Å². The number of aryl methyl sites for hydroxylation is 3. The van der Waals surface area contributed by atoms with Gasteiger partial charge in [0.2, 0.25) is 0 Å². The molecule has 0 atom stereocenters. The third-order valence-electron chi connectivity index (χ3n) is 4.97. The second-order valence-corrected chi connectivity index (χ2v) is 7.50. The van der Waals surface area contributed by atoms with Crippen LogP contribution < -0.4 is 10.1 Å². The van der Waals surface area contributed by atoms with Gasteiger partial charge >= 0.3 is 0 Å². The number of nitrogens with zero attached hydrogens (tertiary/aromatic N) is 1. The van der Waals surface area contributed by atoms with E-state index in [4.69, 9.17) is 9.47 Å². The second kappa shape index (κ2) is 9.71. The van der Waals surface area contributed by atoms with Crippen LogP contribution in [-0.2, 0) is 22.6 Å². The molecule has 2 aromatic rings. The Kier molecular flexibility index (Phi) is 7.06. The minimum Gasteiger partial charge on any atom is -0.483 e. The van der Waals surface area contributed by atoms with Crippen molar-refractivity contribution < 1.29 is 14.3 Å². The van der Waals surface area contributed by atoms with Gasteiger partial charge in [0.25, 0.3) is 5.91 Å². The topological polar surface area (TPSA) is 50.8 Å². The first kappa shape index (κ1) is 20.4. The fourth-order valence-corrected chi connectivity index (χ4v) is 3.56. The number of amides is 1. The Morgan fingerprint density at radius 3 is 2.29 bits per heavy atom. The van der Waals surface area contributed by atoms with Crippen molar-refractivity contribution in [1.29, 1.82) is 0 Å². The molecule has 0 saturated carbocycles. The number of hydrogen-bond acceptors (Lipinski definition) is 4. The van der Waals surface area contributed by atoms with E-state index in [0.717, 1.165) is 55.3 Å². The first-order valence-electron chi connectivity index (χ1n) is 9.86. The zero-order valence-corrected chi connectivity index (χ0v) is 17.1. The van der Waals surface area contributed by atoms with E-state index in [2.05, 4.69) is 53.5 Å². The number of rotatable bonds is 7. The van der Waals surface area contributed by atoms with Crippen LogP contribution in [0.1, 0.15) is 27.8 Å². The lowest BCUT2D eigenvalue weighted by Gasteiger charge is -2.26. The third kappa shape index (κ3) is 5.81. The highest BCUT2D eigenvalue weighted by atomic mass is 16.5. The molecule has 0 aliphatic carbocycles. The van der Waals surface area contributed by atoms with Crippen molar-refractivity contribution in [2.45, 2.75) is 33.9 Å². The van der Waals surface area contributed by atoms with Gasteiger partial charge in [-0.25, -0.2) is 0 Å². The van der Waals surface area contributed by atoms with E-state index in [1.165, 1.54) is 11.1 Å². The summed E-state index contributed by atoms with van der Waals surface area (Å²) in [5.74, 6) is 0.685. The minimum atomic E-state index is -0.114. The van der Waals surface area contributed by atoms with Crippen LogP contribution >= 0.6 is 0 Å². The first-order chi connectivity index (χ1) is 13.5. The third-order valence-corrected chi connectivity index (χ3v) is 4.97. The quantitative estimate of drug-likeness (QED) is 0.799. The molecule has 0 unspecified atom stereocenters. The molecule has 3 rings (SSSR count). The molecule has 0 aromatic heterocycles. The Hall–Kier alpha value is -2.37. The van der Waals surface area contributed by atoms with Gasteiger partial charge in [0, 0.05) is 26.2 Å². The van der Waals surface area contributed by atoms with Gasteiger partial charge in [-0.2, -0.15) is 0 Å². The Bertz CT molecular complexity index is 773. The normalized spacial score (nSPS) is 14.7. The van der Waals surface area contributed by atoms with Crippen molar-refractivity contribution in [3.63, 3.8) is 0 Å². The lowest BCUT2D eigenvalue weighted by molar-refractivity contribution is -0.123. The molecule has 2 aromatic carbocycles. The highest BCUT2D eigenvalue weighted by Crippen LogP contribution is 2.24. The van der Waals surface area contributed by atoms with Crippen LogP contribution in [0, 0.1) is 20.8 Å². The average Bonchev–Trinajstić information content (AvgIpc) is 2.67. The van der Waals surface area contributed by atoms with E-state index in [0.29, 0.717) is 6.54 Å². The lowest BCUT2D eigenvalue weighted by Crippen LogP contribution is -2.35. The fraction of sp³-hybridized carbons (Fsp3) is 0.435. The van der Waals surface area contributed by atoms with Gasteiger partial charge in [0.1, 0.15) is 5.75 Å². The zero-order valence-electron chi connectivity index (χ0n) is 17.1. The minimum absolute atomic E-state index is 0.0276. The molecule has 1 aliphatic heterocycles. The molecule has 5 nitrogen and oxygen atoms in total. The highest BCUT2D eigenvalue weighted by molar-refractivity contribution is 5.77. The smallest absolute Gasteiger partial charge is 0.258 e. The number of ether oxygens (including phenoxy) is 2. The van der Waals surface area contributed by atoms with Crippen molar-refractivity contribution in [1.82, 2.24) is 10.2 Å². The van der Waals surface area contributed by atoms with Gasteiger partial charge in [0.15, 0.2) is 6.61 Å². The van der Waals surface area contributed by atoms with E-state index < -0.39 is 0 Å². The van der Waals surface area contributed by atoms with Gasteiger partial charge in [0.05, 0.1) is 13.2 Å². The van der Waals surface area contributed by atoms with Crippen LogP contribution in [0.25, 0.3) is 0 Å². The molecule has 0 radical (unpaired) electrons. The molecule has 1 heterocycles. The molecule has 5 heteroatoms. The zero-order chi connectivity index (χ0) is 19.9. The van der Waals surface area contributed by atoms with Crippen LogP contribution in [0.2, 0.25) is 0 Å². The number of morpholine rings is 1. The van der Waals surface area contributed by atoms with Gasteiger partial charge in [-0.15, -0.1) is 0 Å². The van der Waals surface area contributed by atoms with Gasteiger partial charge in [-0.3, -0.25) is 9.69 Å². The van der Waals surface area contributed by atoms with E-state index in [1.807, 2.05) is 13.8 Å². The van der Waals surface area contributed by atoms with Crippen LogP contribution in [0.3, 0.4) is 0 Å². The maximum absolute atomic E-state index is 12.2. The predicted molar refractivity (Wildman–Crippen MR) is 111 cm³/mol. The van der Waals surface area contributed by atoms with Crippen molar-refractivity contribution in [3.05, 3.63) is 64.2 Å². The molecule has 1 N–H and O–H groups in total. The Balaban J connectivity index is 1.44. The number of nitrogens with one attached hydrogen (secondary N) is 1. The summed E-state index contributed by atoms with van der Waals surface area (Å²) in [6, 6.07) is 12.5. The maximum Gasteiger partial charge on any atom is 0.258 e. The van der Waals surface area contributed by atoms with E-state index in [9.17, 15) is 4.79 Å². The average molecular weight is 383 g/mol. The molecule has 1 aliphatic rings. The van der Waals surface area contributed by atoms with Crippen molar-refractivity contribution in [2.24, 2.45) is 0 Å². The fourth-order valence-electron chi connectivity index (χ4n) is 3.56. The molecule has 1 saturated heterocycles. The molecular weight excluding hydrogens is 352 g/mol. The van der Waals surface area contributed by atoms with Gasteiger partial charge in [-0.1, -0.05) is 42.0 Å². The van der Waals surface area contributed by atoms with Gasteiger partial charge < -0.3 is 14.8 Å². The Labute approximate surface area is 167 Å². The first-order valence-corrected chi connectivity index (χ1v) is 9.86. The lowest BCUT2D eigenvalue weighted by atomic mass is 10.1. The van der Waals surface area contributed by atoms with Crippen molar-refractivity contribution in [3.8, 4) is 5.75 Å². The molecule has 28 heavy (non-hydrogen) atoms. The standard InChI is InChI=1S/C23H30N2O3/c1-17-12-18(2)23(19(3)13-17)28-16-22(26)24-14-20-4-6-21(7-5-20)15-25-8-10-27-11-9-25/h4-7,12-13H,8-11,14-16H2,1-3H3,(H,24,26). The molecule has 1 amide bonds. The summed E-state index contributed by atoms with van der Waals surface area (Å²) >= 11 is 0. The largest absolute Gasteiger partial charge is 0.483 e. The Morgan fingerprint density at radius 2 is 1.64 bits per heavy atom. The Morgan fingerprint density at radius 1 is 1.04 bits per heavy atom. The number of carbonyl (C=O) groups excluding carboxylic acids is 1. The van der Waals surface area contributed by atoms with Gasteiger partial charge in [-0.05, 0) is 43.0 Å². The summed E-state index contributed by atoms with van der Waals surface area (Å²) in [5.41, 5.74) is 5.68. The predicted octanol–water partition coefficient (Wildman–Crippen LogP) is 3.14. The van der Waals surface area contributed by atoms with Crippen LogP contribution in [0.4, 0.5) is 0 Å². The highest BCUT2D eigenvalue weighted by Gasteiger charge is 2.11. The SMILES string of the molecule is Cc1cc(C)c(OCC(=O)NCc2ccc(CN3CCOCC3)cc2)c(C)c1. The summed E-state index contributed by atoms with van der Waals surface area (Å²) < 4.78 is 11.1. The molecule has 1 fully saturated rings. The van der Waals surface area contributed by atoms with Crippen LogP contribution in [0.15, 0.2) is 36.4 Å². The van der Waals surface area contributed by atoms with Crippen molar-refractivity contribution in [2.75, 3.05) is 32.9 Å². The molecule has 0 spiro atoms. The summed E-state index contributed by atoms with van der Waals surface area (Å²) in [7, 11) is 0. The summed E-state index contributed by atoms with van der Waals surface area (Å²) in [6.45, 7) is 11.1. The van der Waals surface area contributed by atoms with E-state index in [1.54, 1.807) is 0 Å². The summed E-state index contributed by atoms with van der Waals surface area (Å²) in [4.78, 5) is 14.5. The van der Waals surface area contributed by atoms with Crippen molar-refractivity contribution >= 4 is 5.91 Å². The van der Waals surface area contributed by atoms with E-state index >= 15 is 0 Å². The molecule has 0 bridgehead atoms. The number of carbonyl (C=O) groups is 1. The molecular formula is C23H30N2O3. The number of benzene rings is 2. The number of hydrogen-bond donors (Lipinski definition) is 1. The second-order valence-electron chi connectivity index (χ2n) is 7.50. The maximum atomic E-state index is 12.2. The monoisotopic (exact) mass is 382 g/mol. The van der Waals surface area contributed by atoms with Crippen LogP contribution in [0.5, 0.6) is 5.75 Å². The summed E-state index contributed by atoms with van der Waals surface area (Å²) in [6.07, 6.45) is 0. The summed E-state index contributed by atoms with van der Waals surface area (Å²) in [5, 5.41) is 2.93. The van der Waals surface area contributed by atoms with Crippen LogP contribution in [-0.4, -0.2) is 43.7 Å².